The molecule has 2 amide bonds. The second-order valence-electron chi connectivity index (χ2n) is 7.67. The highest BCUT2D eigenvalue weighted by Gasteiger charge is 2.33. The number of likely N-dealkylation sites (tertiary alicyclic amines) is 1. The number of benzene rings is 2. The minimum atomic E-state index is -0.174. The summed E-state index contributed by atoms with van der Waals surface area (Å²) < 4.78 is 0. The van der Waals surface area contributed by atoms with Gasteiger partial charge in [-0.2, -0.15) is 0 Å². The van der Waals surface area contributed by atoms with E-state index < -0.39 is 0 Å². The van der Waals surface area contributed by atoms with E-state index in [4.69, 9.17) is 0 Å². The Labute approximate surface area is 160 Å². The molecule has 0 bridgehead atoms. The summed E-state index contributed by atoms with van der Waals surface area (Å²) in [4.78, 5) is 29.3. The van der Waals surface area contributed by atoms with Gasteiger partial charge >= 0.3 is 0 Å². The van der Waals surface area contributed by atoms with Crippen molar-refractivity contribution in [2.75, 3.05) is 32.7 Å². The van der Waals surface area contributed by atoms with Gasteiger partial charge in [0.25, 0.3) is 0 Å². The number of amides is 2. The highest BCUT2D eigenvalue weighted by Crippen LogP contribution is 2.25. The Balaban J connectivity index is 1.48. The van der Waals surface area contributed by atoms with Gasteiger partial charge in [-0.3, -0.25) is 9.59 Å². The van der Waals surface area contributed by atoms with Crippen molar-refractivity contribution in [1.29, 1.82) is 0 Å². The largest absolute Gasteiger partial charge is 0.340 e. The number of nitrogens with one attached hydrogen (secondary N) is 1. The van der Waals surface area contributed by atoms with Crippen LogP contribution in [0.5, 0.6) is 0 Å². The van der Waals surface area contributed by atoms with E-state index in [0.717, 1.165) is 43.4 Å². The summed E-state index contributed by atoms with van der Waals surface area (Å²) in [5.41, 5.74) is 1.05. The molecule has 5 nitrogen and oxygen atoms in total. The summed E-state index contributed by atoms with van der Waals surface area (Å²) >= 11 is 0. The highest BCUT2D eigenvalue weighted by atomic mass is 16.2. The number of fused-ring (bicyclic) bond motifs is 1. The third-order valence-corrected chi connectivity index (χ3v) is 5.92. The normalized spacial score (nSPS) is 22.1. The molecule has 0 spiro atoms. The van der Waals surface area contributed by atoms with Crippen LogP contribution in [-0.2, 0) is 9.59 Å². The first kappa shape index (κ1) is 18.0. The molecule has 0 radical (unpaired) electrons. The molecule has 2 atom stereocenters. The summed E-state index contributed by atoms with van der Waals surface area (Å²) in [7, 11) is 0. The zero-order chi connectivity index (χ0) is 18.8. The van der Waals surface area contributed by atoms with E-state index in [9.17, 15) is 9.59 Å². The molecule has 0 aliphatic carbocycles. The molecule has 2 aliphatic heterocycles. The molecule has 1 N–H and O–H groups in total. The van der Waals surface area contributed by atoms with E-state index in [1.165, 1.54) is 5.39 Å². The zero-order valence-corrected chi connectivity index (χ0v) is 15.9. The average molecular weight is 365 g/mol. The summed E-state index contributed by atoms with van der Waals surface area (Å²) in [6.45, 7) is 5.43. The topological polar surface area (TPSA) is 52.7 Å². The maximum absolute atomic E-state index is 13.2. The van der Waals surface area contributed by atoms with E-state index in [-0.39, 0.29) is 23.8 Å². The van der Waals surface area contributed by atoms with Gasteiger partial charge < -0.3 is 15.1 Å². The molecule has 2 aliphatic rings. The molecule has 0 saturated carbocycles. The Morgan fingerprint density at radius 1 is 1.15 bits per heavy atom. The molecule has 4 rings (SSSR count). The smallest absolute Gasteiger partial charge is 0.236 e. The number of hydrogen-bond acceptors (Lipinski definition) is 3. The monoisotopic (exact) mass is 365 g/mol. The van der Waals surface area contributed by atoms with E-state index in [1.807, 2.05) is 28.9 Å². The Hall–Kier alpha value is -2.40. The van der Waals surface area contributed by atoms with E-state index in [0.29, 0.717) is 13.1 Å². The molecule has 27 heavy (non-hydrogen) atoms. The van der Waals surface area contributed by atoms with Gasteiger partial charge in [-0.25, -0.2) is 0 Å². The third kappa shape index (κ3) is 3.69. The third-order valence-electron chi connectivity index (χ3n) is 5.92. The minimum absolute atomic E-state index is 0.154. The van der Waals surface area contributed by atoms with Gasteiger partial charge in [-0.1, -0.05) is 42.5 Å². The number of rotatable bonds is 3. The number of piperidine rings is 1. The molecule has 2 aromatic rings. The van der Waals surface area contributed by atoms with Crippen molar-refractivity contribution >= 4 is 22.6 Å². The van der Waals surface area contributed by atoms with E-state index >= 15 is 0 Å². The van der Waals surface area contributed by atoms with Crippen LogP contribution in [-0.4, -0.2) is 60.4 Å². The molecule has 2 aromatic carbocycles. The van der Waals surface area contributed by atoms with Crippen LogP contribution in [0.1, 0.15) is 31.2 Å². The fraction of sp³-hybridized carbons (Fsp3) is 0.455. The SMILES string of the molecule is CC(C(=O)N1CCCC(N2CCNCC2=O)C1)c1ccc2ccccc2c1. The second-order valence-corrected chi connectivity index (χ2v) is 7.67. The molecule has 2 fully saturated rings. The quantitative estimate of drug-likeness (QED) is 0.909. The molecule has 2 saturated heterocycles. The molecular weight excluding hydrogens is 338 g/mol. The Morgan fingerprint density at radius 3 is 2.78 bits per heavy atom. The van der Waals surface area contributed by atoms with E-state index in [1.54, 1.807) is 0 Å². The first-order valence-corrected chi connectivity index (χ1v) is 9.91. The second kappa shape index (κ2) is 7.69. The molecule has 2 unspecified atom stereocenters. The number of hydrogen-bond donors (Lipinski definition) is 1. The van der Waals surface area contributed by atoms with Gasteiger partial charge in [-0.05, 0) is 36.1 Å². The minimum Gasteiger partial charge on any atom is -0.340 e. The van der Waals surface area contributed by atoms with Gasteiger partial charge in [-0.15, -0.1) is 0 Å². The van der Waals surface area contributed by atoms with Crippen molar-refractivity contribution < 1.29 is 9.59 Å². The maximum atomic E-state index is 13.2. The lowest BCUT2D eigenvalue weighted by Gasteiger charge is -2.41. The number of carbonyl (C=O) groups is 2. The number of nitrogens with zero attached hydrogens (tertiary/aromatic N) is 2. The van der Waals surface area contributed by atoms with Crippen molar-refractivity contribution in [3.8, 4) is 0 Å². The van der Waals surface area contributed by atoms with Crippen molar-refractivity contribution in [3.63, 3.8) is 0 Å². The molecular formula is C22H27N3O2. The fourth-order valence-corrected chi connectivity index (χ4v) is 4.31. The van der Waals surface area contributed by atoms with Gasteiger partial charge in [0.15, 0.2) is 0 Å². The Morgan fingerprint density at radius 2 is 1.96 bits per heavy atom. The lowest BCUT2D eigenvalue weighted by Crippen LogP contribution is -2.57. The summed E-state index contributed by atoms with van der Waals surface area (Å²) in [5, 5.41) is 5.48. The van der Waals surface area contributed by atoms with Gasteiger partial charge in [0.1, 0.15) is 0 Å². The van der Waals surface area contributed by atoms with Crippen molar-refractivity contribution in [3.05, 3.63) is 48.0 Å². The lowest BCUT2D eigenvalue weighted by molar-refractivity contribution is -0.141. The van der Waals surface area contributed by atoms with Crippen LogP contribution >= 0.6 is 0 Å². The Kier molecular flexibility index (Phi) is 5.12. The zero-order valence-electron chi connectivity index (χ0n) is 15.9. The molecule has 5 heteroatoms. The van der Waals surface area contributed by atoms with Gasteiger partial charge in [0.2, 0.25) is 11.8 Å². The highest BCUT2D eigenvalue weighted by molar-refractivity contribution is 5.88. The average Bonchev–Trinajstić information content (AvgIpc) is 2.72. The fourth-order valence-electron chi connectivity index (χ4n) is 4.31. The Bertz CT molecular complexity index is 850. The molecule has 142 valence electrons. The number of carbonyl (C=O) groups excluding carboxylic acids is 2. The van der Waals surface area contributed by atoms with Crippen LogP contribution in [0.4, 0.5) is 0 Å². The van der Waals surface area contributed by atoms with E-state index in [2.05, 4.69) is 35.6 Å². The predicted molar refractivity (Wildman–Crippen MR) is 107 cm³/mol. The first-order valence-electron chi connectivity index (χ1n) is 9.91. The predicted octanol–water partition coefficient (Wildman–Crippen LogP) is 2.37. The summed E-state index contributed by atoms with van der Waals surface area (Å²) in [5.74, 6) is 0.146. The standard InChI is InChI=1S/C22H27N3O2/c1-16(18-9-8-17-5-2-3-6-19(17)13-18)22(27)24-11-4-7-20(15-24)25-12-10-23-14-21(25)26/h2-3,5-6,8-9,13,16,20,23H,4,7,10-12,14-15H2,1H3. The van der Waals surface area contributed by atoms with Crippen LogP contribution in [0, 0.1) is 0 Å². The van der Waals surface area contributed by atoms with Crippen LogP contribution in [0.2, 0.25) is 0 Å². The van der Waals surface area contributed by atoms with Crippen molar-refractivity contribution in [2.24, 2.45) is 0 Å². The van der Waals surface area contributed by atoms with Gasteiger partial charge in [0.05, 0.1) is 12.5 Å². The van der Waals surface area contributed by atoms with Crippen molar-refractivity contribution in [2.45, 2.75) is 31.7 Å². The maximum Gasteiger partial charge on any atom is 0.236 e. The summed E-state index contributed by atoms with van der Waals surface area (Å²) in [6, 6.07) is 14.7. The van der Waals surface area contributed by atoms with Crippen LogP contribution in [0.15, 0.2) is 42.5 Å². The van der Waals surface area contributed by atoms with Gasteiger partial charge in [0, 0.05) is 32.2 Å². The van der Waals surface area contributed by atoms with Crippen LogP contribution in [0.3, 0.4) is 0 Å². The van der Waals surface area contributed by atoms with Crippen LogP contribution in [0.25, 0.3) is 10.8 Å². The lowest BCUT2D eigenvalue weighted by atomic mass is 9.95. The van der Waals surface area contributed by atoms with Crippen molar-refractivity contribution in [1.82, 2.24) is 15.1 Å². The van der Waals surface area contributed by atoms with Crippen LogP contribution < -0.4 is 5.32 Å². The molecule has 2 heterocycles. The first-order chi connectivity index (χ1) is 13.1. The summed E-state index contributed by atoms with van der Waals surface area (Å²) in [6.07, 6.45) is 1.94. The molecule has 0 aromatic heterocycles. The number of piperazine rings is 1.